The number of thiophene rings is 1. The number of hydrogen-bond donors (Lipinski definition) is 1. The molecule has 0 aliphatic rings. The second kappa shape index (κ2) is 8.93. The lowest BCUT2D eigenvalue weighted by atomic mass is 10.2. The minimum atomic E-state index is -0.838. The fourth-order valence-corrected chi connectivity index (χ4v) is 4.31. The van der Waals surface area contributed by atoms with Gasteiger partial charge in [-0.05, 0) is 36.4 Å². The van der Waals surface area contributed by atoms with Gasteiger partial charge in [0.1, 0.15) is 10.7 Å². The predicted molar refractivity (Wildman–Crippen MR) is 115 cm³/mol. The van der Waals surface area contributed by atoms with Crippen molar-refractivity contribution >= 4 is 50.6 Å². The normalized spacial score (nSPS) is 10.9. The number of ether oxygens (including phenoxy) is 2. The molecule has 0 spiro atoms. The maximum atomic E-state index is 13.6. The van der Waals surface area contributed by atoms with E-state index >= 15 is 0 Å². The van der Waals surface area contributed by atoms with Crippen molar-refractivity contribution in [1.82, 2.24) is 9.78 Å². The van der Waals surface area contributed by atoms with Crippen molar-refractivity contribution in [1.29, 1.82) is 0 Å². The zero-order valence-electron chi connectivity index (χ0n) is 16.4. The predicted octanol–water partition coefficient (Wildman–Crippen LogP) is 5.10. The van der Waals surface area contributed by atoms with Gasteiger partial charge < -0.3 is 14.8 Å². The van der Waals surface area contributed by atoms with Crippen LogP contribution in [0.5, 0.6) is 5.75 Å². The molecule has 0 saturated heterocycles. The molecule has 0 unspecified atom stereocenters. The van der Waals surface area contributed by atoms with Crippen LogP contribution in [0.25, 0.3) is 10.1 Å². The number of nitrogens with one attached hydrogen (secondary N) is 1. The minimum Gasteiger partial charge on any atom is -0.468 e. The first-order valence-corrected chi connectivity index (χ1v) is 10.3. The number of hydrogen-bond acceptors (Lipinski definition) is 6. The molecule has 0 aliphatic carbocycles. The quantitative estimate of drug-likeness (QED) is 0.390. The van der Waals surface area contributed by atoms with Crippen LogP contribution in [-0.4, -0.2) is 28.8 Å². The van der Waals surface area contributed by atoms with Crippen molar-refractivity contribution in [2.75, 3.05) is 12.4 Å². The third-order valence-corrected chi connectivity index (χ3v) is 6.01. The summed E-state index contributed by atoms with van der Waals surface area (Å²) in [5.74, 6) is -2.70. The standard InChI is InChI=1S/C21H14ClF2N3O4S/c1-30-21(29)19-18(22)13-4-3-12(9-17(13)32-19)25-20(28)15-6-7-27(26-15)10-31-16-5-2-11(23)8-14(16)24/h2-9H,10H2,1H3,(H,25,28). The third kappa shape index (κ3) is 4.41. The fourth-order valence-electron chi connectivity index (χ4n) is 2.84. The molecule has 0 fully saturated rings. The fraction of sp³-hybridized carbons (Fsp3) is 0.0952. The summed E-state index contributed by atoms with van der Waals surface area (Å²) in [6.07, 6.45) is 1.49. The lowest BCUT2D eigenvalue weighted by Crippen LogP contribution is -2.14. The Morgan fingerprint density at radius 3 is 2.75 bits per heavy atom. The Morgan fingerprint density at radius 2 is 2.00 bits per heavy atom. The highest BCUT2D eigenvalue weighted by atomic mass is 35.5. The van der Waals surface area contributed by atoms with Crippen LogP contribution < -0.4 is 10.1 Å². The average molecular weight is 478 g/mol. The number of esters is 1. The second-order valence-electron chi connectivity index (χ2n) is 6.49. The molecule has 164 valence electrons. The molecule has 0 aliphatic heterocycles. The van der Waals surface area contributed by atoms with E-state index in [-0.39, 0.29) is 23.1 Å². The number of rotatable bonds is 6. The van der Waals surface area contributed by atoms with Crippen LogP contribution in [0.4, 0.5) is 14.5 Å². The van der Waals surface area contributed by atoms with Gasteiger partial charge in [-0.15, -0.1) is 11.3 Å². The van der Waals surface area contributed by atoms with Gasteiger partial charge in [-0.3, -0.25) is 4.79 Å². The summed E-state index contributed by atoms with van der Waals surface area (Å²) in [6.45, 7) is -0.175. The molecule has 11 heteroatoms. The smallest absolute Gasteiger partial charge is 0.349 e. The molecular weight excluding hydrogens is 464 g/mol. The third-order valence-electron chi connectivity index (χ3n) is 4.38. The van der Waals surface area contributed by atoms with Crippen molar-refractivity contribution in [3.63, 3.8) is 0 Å². The summed E-state index contributed by atoms with van der Waals surface area (Å²) in [6, 6.07) is 9.45. The molecule has 7 nitrogen and oxygen atoms in total. The average Bonchev–Trinajstić information content (AvgIpc) is 3.37. The number of halogens is 3. The first kappa shape index (κ1) is 21.7. The molecular formula is C21H14ClF2N3O4S. The van der Waals surface area contributed by atoms with E-state index in [9.17, 15) is 18.4 Å². The van der Waals surface area contributed by atoms with E-state index < -0.39 is 23.5 Å². The Hall–Kier alpha value is -3.50. The van der Waals surface area contributed by atoms with Gasteiger partial charge >= 0.3 is 5.97 Å². The molecule has 0 bridgehead atoms. The lowest BCUT2D eigenvalue weighted by molar-refractivity contribution is 0.0606. The molecule has 32 heavy (non-hydrogen) atoms. The summed E-state index contributed by atoms with van der Waals surface area (Å²) < 4.78 is 38.6. The van der Waals surface area contributed by atoms with Gasteiger partial charge in [-0.2, -0.15) is 5.10 Å². The summed E-state index contributed by atoms with van der Waals surface area (Å²) >= 11 is 7.39. The molecule has 4 aromatic rings. The van der Waals surface area contributed by atoms with Gasteiger partial charge in [0.15, 0.2) is 24.0 Å². The molecule has 0 saturated carbocycles. The van der Waals surface area contributed by atoms with Crippen molar-refractivity contribution in [3.8, 4) is 5.75 Å². The van der Waals surface area contributed by atoms with E-state index in [0.29, 0.717) is 26.9 Å². The Bertz CT molecular complexity index is 1340. The number of fused-ring (bicyclic) bond motifs is 1. The highest BCUT2D eigenvalue weighted by Crippen LogP contribution is 2.37. The Balaban J connectivity index is 1.44. The zero-order chi connectivity index (χ0) is 22.8. The van der Waals surface area contributed by atoms with Gasteiger partial charge in [0.2, 0.25) is 0 Å². The van der Waals surface area contributed by atoms with Crippen LogP contribution in [0.15, 0.2) is 48.7 Å². The molecule has 1 amide bonds. The minimum absolute atomic E-state index is 0.104. The van der Waals surface area contributed by atoms with E-state index in [2.05, 4.69) is 10.4 Å². The highest BCUT2D eigenvalue weighted by Gasteiger charge is 2.18. The summed E-state index contributed by atoms with van der Waals surface area (Å²) in [7, 11) is 1.27. The Labute approximate surface area is 189 Å². The van der Waals surface area contributed by atoms with Crippen molar-refractivity contribution < 1.29 is 27.8 Å². The summed E-state index contributed by atoms with van der Waals surface area (Å²) in [4.78, 5) is 24.6. The van der Waals surface area contributed by atoms with Gasteiger partial charge in [-0.25, -0.2) is 18.3 Å². The van der Waals surface area contributed by atoms with Gasteiger partial charge in [0, 0.05) is 28.0 Å². The number of benzene rings is 2. The molecule has 0 radical (unpaired) electrons. The zero-order valence-corrected chi connectivity index (χ0v) is 18.0. The number of nitrogens with zero attached hydrogens (tertiary/aromatic N) is 2. The largest absolute Gasteiger partial charge is 0.468 e. The molecule has 2 heterocycles. The van der Waals surface area contributed by atoms with E-state index in [0.717, 1.165) is 17.4 Å². The number of methoxy groups -OCH3 is 1. The maximum absolute atomic E-state index is 13.6. The van der Waals surface area contributed by atoms with Crippen LogP contribution in [0.1, 0.15) is 20.2 Å². The van der Waals surface area contributed by atoms with E-state index in [1.54, 1.807) is 18.2 Å². The maximum Gasteiger partial charge on any atom is 0.349 e. The van der Waals surface area contributed by atoms with Gasteiger partial charge in [-0.1, -0.05) is 11.6 Å². The SMILES string of the molecule is COC(=O)c1sc2cc(NC(=O)c3ccn(COc4ccc(F)cc4F)n3)ccc2c1Cl. The van der Waals surface area contributed by atoms with Gasteiger partial charge in [0.25, 0.3) is 5.91 Å². The van der Waals surface area contributed by atoms with Crippen LogP contribution in [-0.2, 0) is 11.5 Å². The number of carbonyl (C=O) groups excluding carboxylic acids is 2. The van der Waals surface area contributed by atoms with Gasteiger partial charge in [0.05, 0.1) is 12.1 Å². The molecule has 2 aromatic heterocycles. The Kier molecular flexibility index (Phi) is 6.06. The Morgan fingerprint density at radius 1 is 1.19 bits per heavy atom. The first-order valence-electron chi connectivity index (χ1n) is 9.08. The van der Waals surface area contributed by atoms with Crippen LogP contribution >= 0.6 is 22.9 Å². The van der Waals surface area contributed by atoms with Crippen LogP contribution in [0.2, 0.25) is 5.02 Å². The van der Waals surface area contributed by atoms with Crippen LogP contribution in [0, 0.1) is 11.6 Å². The number of carbonyl (C=O) groups is 2. The van der Waals surface area contributed by atoms with E-state index in [1.807, 2.05) is 0 Å². The van der Waals surface area contributed by atoms with Crippen molar-refractivity contribution in [3.05, 3.63) is 75.9 Å². The monoisotopic (exact) mass is 477 g/mol. The number of amides is 1. The second-order valence-corrected chi connectivity index (χ2v) is 7.92. The molecule has 1 N–H and O–H groups in total. The van der Waals surface area contributed by atoms with Crippen LogP contribution in [0.3, 0.4) is 0 Å². The highest BCUT2D eigenvalue weighted by molar-refractivity contribution is 7.21. The first-order chi connectivity index (χ1) is 15.4. The molecule has 2 aromatic carbocycles. The number of aromatic nitrogens is 2. The topological polar surface area (TPSA) is 82.5 Å². The number of anilines is 1. The van der Waals surface area contributed by atoms with E-state index in [4.69, 9.17) is 21.1 Å². The summed E-state index contributed by atoms with van der Waals surface area (Å²) in [5.41, 5.74) is 0.587. The molecule has 4 rings (SSSR count). The van der Waals surface area contributed by atoms with E-state index in [1.165, 1.54) is 30.1 Å². The summed E-state index contributed by atoms with van der Waals surface area (Å²) in [5, 5.41) is 7.77. The molecule has 0 atom stereocenters. The lowest BCUT2D eigenvalue weighted by Gasteiger charge is -2.07. The van der Waals surface area contributed by atoms with Crippen molar-refractivity contribution in [2.24, 2.45) is 0 Å². The van der Waals surface area contributed by atoms with Crippen molar-refractivity contribution in [2.45, 2.75) is 6.73 Å².